The molecule has 0 atom stereocenters. The summed E-state index contributed by atoms with van der Waals surface area (Å²) in [5.74, 6) is 3.76. The molecule has 2 aromatic rings. The Morgan fingerprint density at radius 3 is 2.65 bits per heavy atom. The molecule has 2 rings (SSSR count). The van der Waals surface area contributed by atoms with Gasteiger partial charge >= 0.3 is 0 Å². The second kappa shape index (κ2) is 9.68. The number of hydrogen-bond donors (Lipinski definition) is 1. The number of rotatable bonds is 7. The van der Waals surface area contributed by atoms with Crippen LogP contribution >= 0.6 is 22.6 Å². The lowest BCUT2D eigenvalue weighted by Crippen LogP contribution is -2.17. The van der Waals surface area contributed by atoms with Crippen molar-refractivity contribution in [3.8, 4) is 29.6 Å². The van der Waals surface area contributed by atoms with Crippen molar-refractivity contribution >= 4 is 34.7 Å². The van der Waals surface area contributed by atoms with E-state index in [4.69, 9.17) is 20.6 Å². The summed E-state index contributed by atoms with van der Waals surface area (Å²) in [4.78, 5) is 12.2. The molecule has 0 saturated heterocycles. The van der Waals surface area contributed by atoms with Crippen molar-refractivity contribution in [2.75, 3.05) is 20.8 Å². The number of ether oxygens (including phenoxy) is 3. The molecule has 0 saturated carbocycles. The Labute approximate surface area is 165 Å². The molecule has 0 spiro atoms. The number of hydrogen-bond acceptors (Lipinski definition) is 5. The Hall–Kier alpha value is -2.73. The third-order valence-electron chi connectivity index (χ3n) is 3.29. The molecule has 0 heterocycles. The van der Waals surface area contributed by atoms with Gasteiger partial charge in [0.15, 0.2) is 11.5 Å². The zero-order valence-corrected chi connectivity index (χ0v) is 16.4. The highest BCUT2D eigenvalue weighted by Gasteiger charge is 2.08. The summed E-state index contributed by atoms with van der Waals surface area (Å²) in [6, 6.07) is 10.4. The van der Waals surface area contributed by atoms with Gasteiger partial charge in [-0.05, 0) is 64.6 Å². The molecule has 0 aliphatic carbocycles. The van der Waals surface area contributed by atoms with Gasteiger partial charge in [-0.1, -0.05) is 5.92 Å². The van der Waals surface area contributed by atoms with E-state index < -0.39 is 0 Å². The topological polar surface area (TPSA) is 69.2 Å². The van der Waals surface area contributed by atoms with Crippen LogP contribution in [0.25, 0.3) is 0 Å². The summed E-state index contributed by atoms with van der Waals surface area (Å²) in [6.07, 6.45) is 6.69. The van der Waals surface area contributed by atoms with Gasteiger partial charge in [0.1, 0.15) is 12.4 Å². The predicted molar refractivity (Wildman–Crippen MR) is 108 cm³/mol. The second-order valence-corrected chi connectivity index (χ2v) is 6.11. The summed E-state index contributed by atoms with van der Waals surface area (Å²) in [6.45, 7) is 0.152. The highest BCUT2D eigenvalue weighted by molar-refractivity contribution is 14.1. The lowest BCUT2D eigenvalue weighted by atomic mass is 10.2. The molecule has 1 N–H and O–H groups in total. The van der Waals surface area contributed by atoms with Gasteiger partial charge in [0.2, 0.25) is 0 Å². The van der Waals surface area contributed by atoms with Gasteiger partial charge < -0.3 is 14.2 Å². The Kier molecular flexibility index (Phi) is 7.29. The number of terminal acetylenes is 1. The molecular formula is C19H17IN2O4. The zero-order valence-electron chi connectivity index (χ0n) is 14.3. The molecule has 0 radical (unpaired) electrons. The monoisotopic (exact) mass is 464 g/mol. The third kappa shape index (κ3) is 5.13. The fourth-order valence-corrected chi connectivity index (χ4v) is 2.59. The fraction of sp³-hybridized carbons (Fsp3) is 0.158. The van der Waals surface area contributed by atoms with E-state index in [0.29, 0.717) is 22.8 Å². The summed E-state index contributed by atoms with van der Waals surface area (Å²) >= 11 is 2.14. The van der Waals surface area contributed by atoms with Gasteiger partial charge in [-0.25, -0.2) is 5.43 Å². The number of hydrazone groups is 1. The first-order chi connectivity index (χ1) is 12.6. The summed E-state index contributed by atoms with van der Waals surface area (Å²) in [7, 11) is 3.09. The van der Waals surface area contributed by atoms with Crippen molar-refractivity contribution in [2.24, 2.45) is 5.10 Å². The molecule has 1 amide bonds. The molecule has 0 aromatic heterocycles. The number of methoxy groups -OCH3 is 2. The predicted octanol–water partition coefficient (Wildman–Crippen LogP) is 3.08. The summed E-state index contributed by atoms with van der Waals surface area (Å²) < 4.78 is 16.8. The SMILES string of the molecule is C#CCOc1ccc(/C=N\NC(=O)c2ccc(I)c(OC)c2)cc1OC. The van der Waals surface area contributed by atoms with E-state index in [9.17, 15) is 4.79 Å². The Bertz CT molecular complexity index is 859. The molecule has 0 bridgehead atoms. The van der Waals surface area contributed by atoms with E-state index in [-0.39, 0.29) is 12.5 Å². The minimum absolute atomic E-state index is 0.152. The quantitative estimate of drug-likeness (QED) is 0.296. The van der Waals surface area contributed by atoms with Crippen LogP contribution in [0.5, 0.6) is 17.2 Å². The van der Waals surface area contributed by atoms with E-state index in [1.165, 1.54) is 13.3 Å². The molecule has 0 aliphatic heterocycles. The lowest BCUT2D eigenvalue weighted by Gasteiger charge is -2.09. The molecule has 0 unspecified atom stereocenters. The second-order valence-electron chi connectivity index (χ2n) is 4.95. The van der Waals surface area contributed by atoms with Crippen LogP contribution in [0.1, 0.15) is 15.9 Å². The van der Waals surface area contributed by atoms with Crippen LogP contribution in [-0.4, -0.2) is 32.9 Å². The molecule has 26 heavy (non-hydrogen) atoms. The Morgan fingerprint density at radius 1 is 1.19 bits per heavy atom. The van der Waals surface area contributed by atoms with Crippen LogP contribution in [0.15, 0.2) is 41.5 Å². The number of benzene rings is 2. The van der Waals surface area contributed by atoms with Crippen LogP contribution in [0.4, 0.5) is 0 Å². The number of halogens is 1. The largest absolute Gasteiger partial charge is 0.496 e. The van der Waals surface area contributed by atoms with E-state index in [1.807, 2.05) is 0 Å². The van der Waals surface area contributed by atoms with Gasteiger partial charge in [-0.3, -0.25) is 4.79 Å². The first kappa shape index (κ1) is 19.6. The molecule has 134 valence electrons. The van der Waals surface area contributed by atoms with Crippen molar-refractivity contribution in [1.82, 2.24) is 5.43 Å². The van der Waals surface area contributed by atoms with Gasteiger partial charge in [0, 0.05) is 5.56 Å². The van der Waals surface area contributed by atoms with Gasteiger partial charge in [0.05, 0.1) is 24.0 Å². The number of amides is 1. The van der Waals surface area contributed by atoms with Crippen molar-refractivity contribution < 1.29 is 19.0 Å². The minimum atomic E-state index is -0.336. The van der Waals surface area contributed by atoms with E-state index in [1.54, 1.807) is 43.5 Å². The Balaban J connectivity index is 2.06. The average molecular weight is 464 g/mol. The van der Waals surface area contributed by atoms with Crippen LogP contribution in [-0.2, 0) is 0 Å². The maximum atomic E-state index is 12.2. The van der Waals surface area contributed by atoms with E-state index >= 15 is 0 Å². The maximum absolute atomic E-state index is 12.2. The van der Waals surface area contributed by atoms with E-state index in [0.717, 1.165) is 9.13 Å². The molecule has 7 heteroatoms. The van der Waals surface area contributed by atoms with Crippen molar-refractivity contribution in [2.45, 2.75) is 0 Å². The van der Waals surface area contributed by atoms with Crippen molar-refractivity contribution in [3.63, 3.8) is 0 Å². The first-order valence-corrected chi connectivity index (χ1v) is 8.58. The smallest absolute Gasteiger partial charge is 0.271 e. The summed E-state index contributed by atoms with van der Waals surface area (Å²) in [5.41, 5.74) is 3.66. The van der Waals surface area contributed by atoms with Gasteiger partial charge in [-0.15, -0.1) is 6.42 Å². The normalized spacial score (nSPS) is 10.2. The highest BCUT2D eigenvalue weighted by atomic mass is 127. The molecular weight excluding hydrogens is 447 g/mol. The van der Waals surface area contributed by atoms with Crippen molar-refractivity contribution in [3.05, 3.63) is 51.1 Å². The van der Waals surface area contributed by atoms with Crippen LogP contribution in [0.3, 0.4) is 0 Å². The number of nitrogens with one attached hydrogen (secondary N) is 1. The van der Waals surface area contributed by atoms with Gasteiger partial charge in [-0.2, -0.15) is 5.10 Å². The fourth-order valence-electron chi connectivity index (χ4n) is 2.03. The standard InChI is InChI=1S/C19H17IN2O4/c1-4-9-26-16-8-5-13(10-18(16)25-3)12-21-22-19(23)14-6-7-15(20)17(11-14)24-2/h1,5-8,10-12H,9H2,2-3H3,(H,22,23)/b21-12-. The average Bonchev–Trinajstić information content (AvgIpc) is 2.66. The molecule has 2 aromatic carbocycles. The van der Waals surface area contributed by atoms with E-state index in [2.05, 4.69) is 39.0 Å². The summed E-state index contributed by atoms with van der Waals surface area (Å²) in [5, 5.41) is 3.97. The van der Waals surface area contributed by atoms with Crippen LogP contribution < -0.4 is 19.6 Å². The Morgan fingerprint density at radius 2 is 1.96 bits per heavy atom. The maximum Gasteiger partial charge on any atom is 0.271 e. The number of carbonyl (C=O) groups excluding carboxylic acids is 1. The molecule has 6 nitrogen and oxygen atoms in total. The lowest BCUT2D eigenvalue weighted by molar-refractivity contribution is 0.0954. The highest BCUT2D eigenvalue weighted by Crippen LogP contribution is 2.27. The number of carbonyl (C=O) groups is 1. The molecule has 0 fully saturated rings. The van der Waals surface area contributed by atoms with Crippen LogP contribution in [0.2, 0.25) is 0 Å². The minimum Gasteiger partial charge on any atom is -0.496 e. The number of nitrogens with zero attached hydrogens (tertiary/aromatic N) is 1. The first-order valence-electron chi connectivity index (χ1n) is 7.50. The zero-order chi connectivity index (χ0) is 18.9. The third-order valence-corrected chi connectivity index (χ3v) is 4.18. The van der Waals surface area contributed by atoms with Crippen molar-refractivity contribution in [1.29, 1.82) is 0 Å². The van der Waals surface area contributed by atoms with Crippen LogP contribution in [0, 0.1) is 15.9 Å². The molecule has 0 aliphatic rings. The van der Waals surface area contributed by atoms with Gasteiger partial charge in [0.25, 0.3) is 5.91 Å².